The molecule has 0 bridgehead atoms. The predicted molar refractivity (Wildman–Crippen MR) is 129 cm³/mol. The molecule has 5 rings (SSSR count). The molecule has 2 saturated heterocycles. The monoisotopic (exact) mass is 457 g/mol. The molecular formula is C23H31N5OS2. The Kier molecular flexibility index (Phi) is 6.23. The molecule has 4 heterocycles. The first-order valence-electron chi connectivity index (χ1n) is 11.3. The van der Waals surface area contributed by atoms with E-state index in [1.165, 1.54) is 41.1 Å². The van der Waals surface area contributed by atoms with E-state index in [1.54, 1.807) is 23.3 Å². The van der Waals surface area contributed by atoms with Crippen LogP contribution in [0.2, 0.25) is 0 Å². The van der Waals surface area contributed by atoms with E-state index in [-0.39, 0.29) is 11.9 Å². The van der Waals surface area contributed by atoms with Crippen LogP contribution in [0.1, 0.15) is 48.7 Å². The molecule has 2 fully saturated rings. The van der Waals surface area contributed by atoms with Gasteiger partial charge in [0.15, 0.2) is 0 Å². The Balaban J connectivity index is 1.31. The second kappa shape index (κ2) is 9.10. The molecule has 0 saturated carbocycles. The van der Waals surface area contributed by atoms with Crippen LogP contribution in [0.3, 0.4) is 0 Å². The number of imidazole rings is 1. The van der Waals surface area contributed by atoms with Gasteiger partial charge in [-0.1, -0.05) is 12.1 Å². The molecule has 6 nitrogen and oxygen atoms in total. The molecule has 2 aliphatic rings. The summed E-state index contributed by atoms with van der Waals surface area (Å²) in [5.41, 5.74) is 3.42. The van der Waals surface area contributed by atoms with Gasteiger partial charge in [-0.2, -0.15) is 4.37 Å². The molecule has 0 spiro atoms. The second-order valence-corrected chi connectivity index (χ2v) is 10.5. The van der Waals surface area contributed by atoms with Crippen LogP contribution in [0.25, 0.3) is 11.0 Å². The third-order valence-corrected chi connectivity index (χ3v) is 8.62. The number of thioether (sulfide) groups is 1. The Hall–Kier alpha value is -1.61. The first-order chi connectivity index (χ1) is 15.2. The number of nitrogens with zero attached hydrogens (tertiary/aromatic N) is 4. The fourth-order valence-corrected chi connectivity index (χ4v) is 6.89. The number of fused-ring (bicyclic) bond motifs is 1. The van der Waals surface area contributed by atoms with E-state index < -0.39 is 0 Å². The average molecular weight is 458 g/mol. The van der Waals surface area contributed by atoms with Crippen LogP contribution < -0.4 is 5.69 Å². The first kappa shape index (κ1) is 21.2. The van der Waals surface area contributed by atoms with E-state index in [0.717, 1.165) is 43.6 Å². The molecule has 0 aliphatic carbocycles. The largest absolute Gasteiger partial charge is 0.327 e. The molecule has 3 aromatic rings. The average Bonchev–Trinajstić information content (AvgIpc) is 3.32. The van der Waals surface area contributed by atoms with Gasteiger partial charge in [-0.3, -0.25) is 14.4 Å². The third kappa shape index (κ3) is 4.11. The number of aromatic amines is 1. The third-order valence-electron chi connectivity index (χ3n) is 6.98. The highest BCUT2D eigenvalue weighted by Gasteiger charge is 2.34. The molecule has 0 radical (unpaired) electrons. The number of hydrogen-bond donors (Lipinski definition) is 1. The summed E-state index contributed by atoms with van der Waals surface area (Å²) in [5.74, 6) is 0. The van der Waals surface area contributed by atoms with Crippen molar-refractivity contribution >= 4 is 34.3 Å². The van der Waals surface area contributed by atoms with Crippen molar-refractivity contribution in [1.29, 1.82) is 0 Å². The van der Waals surface area contributed by atoms with Crippen LogP contribution in [0, 0.1) is 6.92 Å². The van der Waals surface area contributed by atoms with E-state index in [4.69, 9.17) is 0 Å². The zero-order valence-corrected chi connectivity index (χ0v) is 20.0. The van der Waals surface area contributed by atoms with Crippen LogP contribution >= 0.6 is 23.3 Å². The number of benzene rings is 1. The summed E-state index contributed by atoms with van der Waals surface area (Å²) in [4.78, 5) is 22.5. The number of para-hydroxylation sites is 2. The van der Waals surface area contributed by atoms with Gasteiger partial charge in [0.25, 0.3) is 0 Å². The lowest BCUT2D eigenvalue weighted by atomic mass is 9.97. The molecule has 2 aliphatic heterocycles. The zero-order chi connectivity index (χ0) is 21.4. The number of likely N-dealkylation sites (tertiary alicyclic amines) is 2. The van der Waals surface area contributed by atoms with Gasteiger partial charge in [-0.05, 0) is 82.0 Å². The number of hydrogen-bond acceptors (Lipinski definition) is 6. The fourth-order valence-electron chi connectivity index (χ4n) is 5.35. The van der Waals surface area contributed by atoms with E-state index in [1.807, 2.05) is 22.8 Å². The summed E-state index contributed by atoms with van der Waals surface area (Å²) in [6.07, 6.45) is 8.09. The van der Waals surface area contributed by atoms with Crippen LogP contribution in [0.4, 0.5) is 0 Å². The summed E-state index contributed by atoms with van der Waals surface area (Å²) in [5, 5.41) is 1.19. The van der Waals surface area contributed by atoms with E-state index in [9.17, 15) is 4.79 Å². The van der Waals surface area contributed by atoms with Gasteiger partial charge in [0.1, 0.15) is 5.03 Å². The van der Waals surface area contributed by atoms with Gasteiger partial charge in [-0.15, -0.1) is 11.8 Å². The topological polar surface area (TPSA) is 57.2 Å². The van der Waals surface area contributed by atoms with Crippen molar-refractivity contribution in [3.63, 3.8) is 0 Å². The molecular weight excluding hydrogens is 426 g/mol. The molecule has 8 heteroatoms. The minimum atomic E-state index is 0.0283. The van der Waals surface area contributed by atoms with Crippen molar-refractivity contribution < 1.29 is 0 Å². The first-order valence-corrected chi connectivity index (χ1v) is 13.3. The Bertz CT molecular complexity index is 1100. The minimum Gasteiger partial charge on any atom is -0.305 e. The summed E-state index contributed by atoms with van der Waals surface area (Å²) in [7, 11) is 0. The molecule has 166 valence electrons. The van der Waals surface area contributed by atoms with E-state index >= 15 is 0 Å². The number of nitrogens with one attached hydrogen (secondary N) is 1. The van der Waals surface area contributed by atoms with Crippen molar-refractivity contribution in [2.45, 2.75) is 62.8 Å². The van der Waals surface area contributed by atoms with Crippen molar-refractivity contribution in [1.82, 2.24) is 23.7 Å². The number of aromatic nitrogens is 3. The van der Waals surface area contributed by atoms with E-state index in [2.05, 4.69) is 38.4 Å². The Labute approximate surface area is 191 Å². The maximum absolute atomic E-state index is 12.9. The van der Waals surface area contributed by atoms with Gasteiger partial charge in [0, 0.05) is 29.6 Å². The van der Waals surface area contributed by atoms with Crippen molar-refractivity contribution in [3.8, 4) is 0 Å². The van der Waals surface area contributed by atoms with Crippen LogP contribution in [-0.4, -0.2) is 55.7 Å². The predicted octanol–water partition coefficient (Wildman–Crippen LogP) is 4.47. The summed E-state index contributed by atoms with van der Waals surface area (Å²) >= 11 is 3.39. The lowest BCUT2D eigenvalue weighted by Gasteiger charge is -2.45. The quantitative estimate of drug-likeness (QED) is 0.573. The number of rotatable bonds is 5. The molecule has 1 unspecified atom stereocenters. The Morgan fingerprint density at radius 3 is 2.77 bits per heavy atom. The maximum atomic E-state index is 12.9. The Morgan fingerprint density at radius 2 is 1.97 bits per heavy atom. The van der Waals surface area contributed by atoms with E-state index in [0.29, 0.717) is 6.04 Å². The lowest BCUT2D eigenvalue weighted by molar-refractivity contribution is 0.0171. The number of aryl methyl sites for hydroxylation is 1. The lowest BCUT2D eigenvalue weighted by Crippen LogP contribution is -2.50. The summed E-state index contributed by atoms with van der Waals surface area (Å²) < 4.78 is 6.61. The fraction of sp³-hybridized carbons (Fsp3) is 0.565. The van der Waals surface area contributed by atoms with Crippen LogP contribution in [-0.2, 0) is 6.54 Å². The molecule has 31 heavy (non-hydrogen) atoms. The zero-order valence-electron chi connectivity index (χ0n) is 18.3. The van der Waals surface area contributed by atoms with Crippen LogP contribution in [0.15, 0.2) is 34.1 Å². The summed E-state index contributed by atoms with van der Waals surface area (Å²) in [6, 6.07) is 8.64. The SMILES string of the molecule is CSc1nsc(C)c1CN1CCC(N2CCCCC2n2c(=O)[nH]c3ccccc32)CC1. The second-order valence-electron chi connectivity index (χ2n) is 8.77. The van der Waals surface area contributed by atoms with Crippen molar-refractivity contribution in [3.05, 3.63) is 45.2 Å². The summed E-state index contributed by atoms with van der Waals surface area (Å²) in [6.45, 7) is 6.51. The Morgan fingerprint density at radius 1 is 1.16 bits per heavy atom. The van der Waals surface area contributed by atoms with Gasteiger partial charge in [0.2, 0.25) is 0 Å². The number of piperidine rings is 2. The molecule has 1 N–H and O–H groups in total. The highest BCUT2D eigenvalue weighted by atomic mass is 32.2. The standard InChI is InChI=1S/C23H31N5OS2/c1-16-18(22(30-2)25-31-16)15-26-13-10-17(11-14-26)27-12-6-5-9-21(27)28-20-8-4-3-7-19(20)24-23(28)29/h3-4,7-8,17,21H,5-6,9-15H2,1-2H3,(H,24,29). The van der Waals surface area contributed by atoms with Gasteiger partial charge in [0.05, 0.1) is 17.2 Å². The van der Waals surface area contributed by atoms with Crippen molar-refractivity contribution in [2.24, 2.45) is 0 Å². The maximum Gasteiger partial charge on any atom is 0.327 e. The molecule has 0 amide bonds. The normalized spacial score (nSPS) is 21.8. The minimum absolute atomic E-state index is 0.0283. The van der Waals surface area contributed by atoms with Gasteiger partial charge < -0.3 is 4.98 Å². The smallest absolute Gasteiger partial charge is 0.305 e. The highest BCUT2D eigenvalue weighted by molar-refractivity contribution is 7.98. The van der Waals surface area contributed by atoms with Gasteiger partial charge in [-0.25, -0.2) is 4.79 Å². The molecule has 1 aromatic carbocycles. The molecule has 2 aromatic heterocycles. The van der Waals surface area contributed by atoms with Gasteiger partial charge >= 0.3 is 5.69 Å². The number of H-pyrrole nitrogens is 1. The molecule has 1 atom stereocenters. The highest BCUT2D eigenvalue weighted by Crippen LogP contribution is 2.33. The van der Waals surface area contributed by atoms with Crippen LogP contribution in [0.5, 0.6) is 0 Å². The van der Waals surface area contributed by atoms with Crippen molar-refractivity contribution in [2.75, 3.05) is 25.9 Å².